The third-order valence-corrected chi connectivity index (χ3v) is 2.38. The van der Waals surface area contributed by atoms with Crippen LogP contribution in [0.1, 0.15) is 12.1 Å². The molecule has 0 aliphatic heterocycles. The molecule has 0 amide bonds. The van der Waals surface area contributed by atoms with Crippen molar-refractivity contribution < 1.29 is 31.6 Å². The Balaban J connectivity index is 3.32. The van der Waals surface area contributed by atoms with Crippen LogP contribution in [0, 0.1) is 13.7 Å². The minimum absolute atomic E-state index is 0.429. The van der Waals surface area contributed by atoms with Gasteiger partial charge in [0.1, 0.15) is 0 Å². The van der Waals surface area contributed by atoms with Crippen LogP contribution in [0.5, 0.6) is 5.88 Å². The normalized spacial score (nSPS) is 11.7. The van der Waals surface area contributed by atoms with Gasteiger partial charge in [-0.05, 0) is 22.6 Å². The second-order valence-electron chi connectivity index (χ2n) is 2.78. The van der Waals surface area contributed by atoms with Crippen LogP contribution in [-0.4, -0.2) is 16.3 Å². The number of aromatic nitrogens is 1. The minimum Gasteiger partial charge on any atom is -0.388 e. The first-order chi connectivity index (χ1) is 8.11. The first-order valence-corrected chi connectivity index (χ1v) is 5.08. The van der Waals surface area contributed by atoms with E-state index in [9.17, 15) is 32.1 Å². The van der Waals surface area contributed by atoms with Crippen LogP contribution in [0.25, 0.3) is 0 Å². The lowest BCUT2D eigenvalue weighted by atomic mass is 10.3. The molecule has 0 spiro atoms. The van der Waals surface area contributed by atoms with Crippen LogP contribution in [0.2, 0.25) is 0 Å². The van der Waals surface area contributed by atoms with E-state index in [0.717, 1.165) is 0 Å². The molecule has 0 saturated heterocycles. The maximum atomic E-state index is 12.5. The lowest BCUT2D eigenvalue weighted by molar-refractivity contribution is -0.387. The molecule has 0 aliphatic rings. The summed E-state index contributed by atoms with van der Waals surface area (Å²) in [4.78, 5) is 12.2. The average molecular weight is 384 g/mol. The van der Waals surface area contributed by atoms with Gasteiger partial charge in [-0.3, -0.25) is 10.1 Å². The number of halogens is 6. The van der Waals surface area contributed by atoms with Gasteiger partial charge in [0.2, 0.25) is 5.88 Å². The van der Waals surface area contributed by atoms with Crippen LogP contribution in [0.4, 0.5) is 27.6 Å². The quantitative estimate of drug-likeness (QED) is 0.347. The van der Waals surface area contributed by atoms with Gasteiger partial charge in [-0.25, -0.2) is 13.8 Å². The number of hydrogen-bond donors (Lipinski definition) is 0. The summed E-state index contributed by atoms with van der Waals surface area (Å²) in [5.74, 6) is -1.17. The smallest absolute Gasteiger partial charge is 0.388 e. The molecular formula is C7H2F5IN2O3. The van der Waals surface area contributed by atoms with Crippen molar-refractivity contribution in [2.45, 2.75) is 12.8 Å². The fraction of sp³-hybridized carbons (Fsp3) is 0.286. The van der Waals surface area contributed by atoms with Crippen molar-refractivity contribution in [2.75, 3.05) is 0 Å². The van der Waals surface area contributed by atoms with Crippen LogP contribution in [0.15, 0.2) is 6.07 Å². The topological polar surface area (TPSA) is 65.3 Å². The van der Waals surface area contributed by atoms with E-state index in [1.54, 1.807) is 0 Å². The monoisotopic (exact) mass is 384 g/mol. The van der Waals surface area contributed by atoms with Crippen molar-refractivity contribution in [3.63, 3.8) is 0 Å². The highest BCUT2D eigenvalue weighted by Crippen LogP contribution is 2.34. The Bertz CT molecular complexity index is 479. The summed E-state index contributed by atoms with van der Waals surface area (Å²) in [7, 11) is 0. The van der Waals surface area contributed by atoms with E-state index >= 15 is 0 Å². The van der Waals surface area contributed by atoms with E-state index in [-0.39, 0.29) is 0 Å². The molecule has 11 heteroatoms. The second-order valence-corrected chi connectivity index (χ2v) is 3.94. The Labute approximate surface area is 109 Å². The summed E-state index contributed by atoms with van der Waals surface area (Å²) in [6.45, 7) is 0. The molecule has 1 heterocycles. The number of rotatable bonds is 3. The lowest BCUT2D eigenvalue weighted by Crippen LogP contribution is -2.18. The zero-order valence-electron chi connectivity index (χ0n) is 8.04. The van der Waals surface area contributed by atoms with Gasteiger partial charge in [0, 0.05) is 6.07 Å². The molecule has 0 aromatic carbocycles. The Morgan fingerprint density at radius 2 is 2.00 bits per heavy atom. The fourth-order valence-electron chi connectivity index (χ4n) is 1.01. The predicted molar refractivity (Wildman–Crippen MR) is 55.2 cm³/mol. The summed E-state index contributed by atoms with van der Waals surface area (Å²) in [5.41, 5.74) is -2.41. The molecule has 1 rings (SSSR count). The van der Waals surface area contributed by atoms with Crippen LogP contribution in [-0.2, 0) is 0 Å². The zero-order chi connectivity index (χ0) is 14.1. The highest BCUT2D eigenvalue weighted by Gasteiger charge is 2.35. The number of nitrogens with zero attached hydrogens (tertiary/aromatic N) is 2. The van der Waals surface area contributed by atoms with E-state index < -0.39 is 38.5 Å². The van der Waals surface area contributed by atoms with Gasteiger partial charge in [-0.15, -0.1) is 13.2 Å². The average Bonchev–Trinajstić information content (AvgIpc) is 2.12. The summed E-state index contributed by atoms with van der Waals surface area (Å²) in [6.07, 6.45) is -8.51. The van der Waals surface area contributed by atoms with Crippen molar-refractivity contribution in [2.24, 2.45) is 0 Å². The Morgan fingerprint density at radius 3 is 2.39 bits per heavy atom. The van der Waals surface area contributed by atoms with Gasteiger partial charge in [-0.2, -0.15) is 0 Å². The number of nitro groups is 1. The molecule has 0 bridgehead atoms. The van der Waals surface area contributed by atoms with Crippen molar-refractivity contribution in [1.82, 2.24) is 4.98 Å². The minimum atomic E-state index is -5.12. The molecule has 0 atom stereocenters. The number of pyridine rings is 1. The maximum absolute atomic E-state index is 12.5. The maximum Gasteiger partial charge on any atom is 0.574 e. The third-order valence-electron chi connectivity index (χ3n) is 1.56. The molecule has 0 radical (unpaired) electrons. The standard InChI is InChI=1S/C7H2F5IN2O3/c8-6(9)4-5(15(16)17)2(13)1-3(14-4)18-7(10,11)12/h1,6H. The number of alkyl halides is 5. The second kappa shape index (κ2) is 5.16. The lowest BCUT2D eigenvalue weighted by Gasteiger charge is -2.10. The van der Waals surface area contributed by atoms with Crippen molar-refractivity contribution in [3.8, 4) is 5.88 Å². The van der Waals surface area contributed by atoms with Gasteiger partial charge >= 0.3 is 12.0 Å². The molecule has 1 aromatic rings. The van der Waals surface area contributed by atoms with E-state index in [1.165, 1.54) is 22.6 Å². The van der Waals surface area contributed by atoms with Crippen molar-refractivity contribution >= 4 is 28.3 Å². The fourth-order valence-corrected chi connectivity index (χ4v) is 1.75. The molecule has 0 aliphatic carbocycles. The van der Waals surface area contributed by atoms with E-state index in [0.29, 0.717) is 6.07 Å². The van der Waals surface area contributed by atoms with Crippen LogP contribution < -0.4 is 4.74 Å². The summed E-state index contributed by atoms with van der Waals surface area (Å²) < 4.78 is 63.5. The van der Waals surface area contributed by atoms with Crippen LogP contribution in [0.3, 0.4) is 0 Å². The van der Waals surface area contributed by atoms with E-state index in [1.807, 2.05) is 0 Å². The molecule has 100 valence electrons. The number of hydrogen-bond acceptors (Lipinski definition) is 4. The van der Waals surface area contributed by atoms with Gasteiger partial charge in [-0.1, -0.05) is 0 Å². The Hall–Kier alpha value is -1.27. The molecule has 0 N–H and O–H groups in total. The molecule has 5 nitrogen and oxygen atoms in total. The summed E-state index contributed by atoms with van der Waals surface area (Å²) >= 11 is 1.25. The summed E-state index contributed by atoms with van der Waals surface area (Å²) in [5, 5.41) is 10.5. The highest BCUT2D eigenvalue weighted by molar-refractivity contribution is 14.1. The van der Waals surface area contributed by atoms with Crippen molar-refractivity contribution in [3.05, 3.63) is 25.4 Å². The largest absolute Gasteiger partial charge is 0.574 e. The number of ether oxygens (including phenoxy) is 1. The van der Waals surface area contributed by atoms with Gasteiger partial charge in [0.15, 0.2) is 5.69 Å². The van der Waals surface area contributed by atoms with Gasteiger partial charge in [0.25, 0.3) is 6.43 Å². The molecule has 1 aromatic heterocycles. The highest BCUT2D eigenvalue weighted by atomic mass is 127. The molecular weight excluding hydrogens is 382 g/mol. The van der Waals surface area contributed by atoms with Gasteiger partial charge in [0.05, 0.1) is 8.49 Å². The molecule has 0 saturated carbocycles. The first-order valence-electron chi connectivity index (χ1n) is 4.00. The molecule has 18 heavy (non-hydrogen) atoms. The first kappa shape index (κ1) is 14.8. The van der Waals surface area contributed by atoms with Crippen molar-refractivity contribution in [1.29, 1.82) is 0 Å². The Kier molecular flexibility index (Phi) is 4.24. The predicted octanol–water partition coefficient (Wildman–Crippen LogP) is 3.43. The van der Waals surface area contributed by atoms with Gasteiger partial charge < -0.3 is 4.74 Å². The SMILES string of the molecule is O=[N+]([O-])c1c(I)cc(OC(F)(F)F)nc1C(F)F. The summed E-state index contributed by atoms with van der Waals surface area (Å²) in [6, 6.07) is 0.554. The molecule has 0 fully saturated rings. The van der Waals surface area contributed by atoms with E-state index in [2.05, 4.69) is 9.72 Å². The third kappa shape index (κ3) is 3.61. The van der Waals surface area contributed by atoms with Crippen LogP contribution >= 0.6 is 22.6 Å². The zero-order valence-corrected chi connectivity index (χ0v) is 10.2. The van der Waals surface area contributed by atoms with E-state index in [4.69, 9.17) is 0 Å². The molecule has 0 unspecified atom stereocenters. The Morgan fingerprint density at radius 1 is 1.44 bits per heavy atom.